The summed E-state index contributed by atoms with van der Waals surface area (Å²) in [6, 6.07) is 16.7. The lowest BCUT2D eigenvalue weighted by atomic mass is 9.96. The van der Waals surface area contributed by atoms with Crippen molar-refractivity contribution in [2.45, 2.75) is 6.04 Å². The lowest BCUT2D eigenvalue weighted by molar-refractivity contribution is 0.623. The van der Waals surface area contributed by atoms with Crippen molar-refractivity contribution >= 4 is 10.9 Å². The fourth-order valence-corrected chi connectivity index (χ4v) is 2.53. The van der Waals surface area contributed by atoms with Gasteiger partial charge in [-0.15, -0.1) is 0 Å². The molecule has 0 amide bonds. The lowest BCUT2D eigenvalue weighted by Crippen LogP contribution is -2.18. The summed E-state index contributed by atoms with van der Waals surface area (Å²) >= 11 is 0. The second-order valence-electron chi connectivity index (χ2n) is 4.69. The molecule has 1 N–H and O–H groups in total. The normalized spacial score (nSPS) is 12.5. The quantitative estimate of drug-likeness (QED) is 0.782. The Balaban J connectivity index is 2.14. The third kappa shape index (κ3) is 2.28. The van der Waals surface area contributed by atoms with Crippen molar-refractivity contribution in [2.24, 2.45) is 0 Å². The Labute approximate surface area is 117 Å². The standard InChI is InChI=1S/C17H15FN2/c1-19-17(12-6-8-13(18)9-7-12)15-10-11-20-16-5-3-2-4-14(15)16/h2-11,17,19H,1H3. The Kier molecular flexibility index (Phi) is 3.44. The molecule has 0 saturated carbocycles. The maximum absolute atomic E-state index is 13.1. The third-order valence-corrected chi connectivity index (χ3v) is 3.49. The SMILES string of the molecule is CNC(c1ccc(F)cc1)c1ccnc2ccccc12. The van der Waals surface area contributed by atoms with Gasteiger partial charge >= 0.3 is 0 Å². The van der Waals surface area contributed by atoms with Gasteiger partial charge in [-0.25, -0.2) is 4.39 Å². The predicted octanol–water partition coefficient (Wildman–Crippen LogP) is 3.68. The van der Waals surface area contributed by atoms with Crippen LogP contribution in [0, 0.1) is 5.82 Å². The predicted molar refractivity (Wildman–Crippen MR) is 79.0 cm³/mol. The minimum absolute atomic E-state index is 0.0171. The highest BCUT2D eigenvalue weighted by atomic mass is 19.1. The molecule has 0 radical (unpaired) electrons. The molecule has 3 rings (SSSR count). The summed E-state index contributed by atoms with van der Waals surface area (Å²) in [5.74, 6) is -0.219. The second kappa shape index (κ2) is 5.39. The molecule has 0 saturated heterocycles. The Bertz CT molecular complexity index is 717. The number of para-hydroxylation sites is 1. The highest BCUT2D eigenvalue weighted by Crippen LogP contribution is 2.27. The monoisotopic (exact) mass is 266 g/mol. The van der Waals surface area contributed by atoms with Crippen LogP contribution in [0.4, 0.5) is 4.39 Å². The van der Waals surface area contributed by atoms with Crippen LogP contribution < -0.4 is 5.32 Å². The van der Waals surface area contributed by atoms with Crippen LogP contribution >= 0.6 is 0 Å². The highest BCUT2D eigenvalue weighted by molar-refractivity contribution is 5.82. The van der Waals surface area contributed by atoms with E-state index in [0.717, 1.165) is 22.0 Å². The summed E-state index contributed by atoms with van der Waals surface area (Å²) in [5, 5.41) is 4.41. The van der Waals surface area contributed by atoms with E-state index in [9.17, 15) is 4.39 Å². The zero-order chi connectivity index (χ0) is 13.9. The largest absolute Gasteiger partial charge is 0.309 e. The molecule has 0 bridgehead atoms. The van der Waals surface area contributed by atoms with Gasteiger partial charge in [0.15, 0.2) is 0 Å². The molecule has 3 heteroatoms. The van der Waals surface area contributed by atoms with Gasteiger partial charge in [-0.05, 0) is 42.4 Å². The topological polar surface area (TPSA) is 24.9 Å². The number of halogens is 1. The Hall–Kier alpha value is -2.26. The zero-order valence-electron chi connectivity index (χ0n) is 11.2. The minimum Gasteiger partial charge on any atom is -0.309 e. The minimum atomic E-state index is -0.219. The average molecular weight is 266 g/mol. The average Bonchev–Trinajstić information content (AvgIpc) is 2.50. The molecule has 0 aliphatic rings. The van der Waals surface area contributed by atoms with E-state index in [0.29, 0.717) is 0 Å². The van der Waals surface area contributed by atoms with Gasteiger partial charge < -0.3 is 5.32 Å². The zero-order valence-corrected chi connectivity index (χ0v) is 11.2. The van der Waals surface area contributed by atoms with Crippen molar-refractivity contribution in [3.63, 3.8) is 0 Å². The molecule has 0 aliphatic heterocycles. The van der Waals surface area contributed by atoms with Crippen LogP contribution in [0.15, 0.2) is 60.8 Å². The fourth-order valence-electron chi connectivity index (χ4n) is 2.53. The van der Waals surface area contributed by atoms with Gasteiger partial charge in [0.2, 0.25) is 0 Å². The third-order valence-electron chi connectivity index (χ3n) is 3.49. The number of nitrogens with zero attached hydrogens (tertiary/aromatic N) is 1. The van der Waals surface area contributed by atoms with Crippen LogP contribution in [0.5, 0.6) is 0 Å². The number of hydrogen-bond acceptors (Lipinski definition) is 2. The Morgan fingerprint density at radius 3 is 2.50 bits per heavy atom. The van der Waals surface area contributed by atoms with Gasteiger partial charge in [-0.3, -0.25) is 4.98 Å². The number of hydrogen-bond donors (Lipinski definition) is 1. The fraction of sp³-hybridized carbons (Fsp3) is 0.118. The van der Waals surface area contributed by atoms with Crippen LogP contribution in [-0.4, -0.2) is 12.0 Å². The Morgan fingerprint density at radius 1 is 1.00 bits per heavy atom. The van der Waals surface area contributed by atoms with E-state index in [1.54, 1.807) is 0 Å². The van der Waals surface area contributed by atoms with Gasteiger partial charge in [0.1, 0.15) is 5.82 Å². The molecule has 1 heterocycles. The Morgan fingerprint density at radius 2 is 1.75 bits per heavy atom. The lowest BCUT2D eigenvalue weighted by Gasteiger charge is -2.19. The summed E-state index contributed by atoms with van der Waals surface area (Å²) in [6.45, 7) is 0. The van der Waals surface area contributed by atoms with Gasteiger partial charge in [0.25, 0.3) is 0 Å². The molecular formula is C17H15FN2. The van der Waals surface area contributed by atoms with Crippen LogP contribution in [0.25, 0.3) is 10.9 Å². The number of fused-ring (bicyclic) bond motifs is 1. The first-order chi connectivity index (χ1) is 9.79. The van der Waals surface area contributed by atoms with E-state index < -0.39 is 0 Å². The van der Waals surface area contributed by atoms with Crippen LogP contribution in [0.3, 0.4) is 0 Å². The molecule has 20 heavy (non-hydrogen) atoms. The number of benzene rings is 2. The van der Waals surface area contributed by atoms with Crippen molar-refractivity contribution in [2.75, 3.05) is 7.05 Å². The van der Waals surface area contributed by atoms with Gasteiger partial charge in [-0.2, -0.15) is 0 Å². The van der Waals surface area contributed by atoms with Crippen LogP contribution in [-0.2, 0) is 0 Å². The van der Waals surface area contributed by atoms with Crippen molar-refractivity contribution in [1.29, 1.82) is 0 Å². The first-order valence-electron chi connectivity index (χ1n) is 6.56. The molecule has 2 nitrogen and oxygen atoms in total. The van der Waals surface area contributed by atoms with Gasteiger partial charge in [-0.1, -0.05) is 30.3 Å². The number of aromatic nitrogens is 1. The smallest absolute Gasteiger partial charge is 0.123 e. The van der Waals surface area contributed by atoms with E-state index in [-0.39, 0.29) is 11.9 Å². The summed E-state index contributed by atoms with van der Waals surface area (Å²) in [7, 11) is 1.91. The first kappa shape index (κ1) is 12.8. The molecule has 1 atom stereocenters. The van der Waals surface area contributed by atoms with Gasteiger partial charge in [0, 0.05) is 11.6 Å². The van der Waals surface area contributed by atoms with Crippen molar-refractivity contribution in [1.82, 2.24) is 10.3 Å². The van der Waals surface area contributed by atoms with Crippen LogP contribution in [0.2, 0.25) is 0 Å². The molecular weight excluding hydrogens is 251 g/mol. The first-order valence-corrected chi connectivity index (χ1v) is 6.56. The number of rotatable bonds is 3. The van der Waals surface area contributed by atoms with Crippen LogP contribution in [0.1, 0.15) is 17.2 Å². The van der Waals surface area contributed by atoms with E-state index in [1.165, 1.54) is 12.1 Å². The molecule has 100 valence electrons. The van der Waals surface area contributed by atoms with E-state index in [4.69, 9.17) is 0 Å². The van der Waals surface area contributed by atoms with E-state index in [2.05, 4.69) is 16.4 Å². The number of pyridine rings is 1. The van der Waals surface area contributed by atoms with Gasteiger partial charge in [0.05, 0.1) is 11.6 Å². The summed E-state index contributed by atoms with van der Waals surface area (Å²) in [4.78, 5) is 4.38. The summed E-state index contributed by atoms with van der Waals surface area (Å²) in [6.07, 6.45) is 1.81. The second-order valence-corrected chi connectivity index (χ2v) is 4.69. The highest BCUT2D eigenvalue weighted by Gasteiger charge is 2.14. The maximum atomic E-state index is 13.1. The molecule has 3 aromatic rings. The molecule has 0 fully saturated rings. The molecule has 1 unspecified atom stereocenters. The number of nitrogens with one attached hydrogen (secondary N) is 1. The van der Waals surface area contributed by atoms with E-state index in [1.807, 2.05) is 49.6 Å². The molecule has 0 spiro atoms. The molecule has 2 aromatic carbocycles. The van der Waals surface area contributed by atoms with Crippen molar-refractivity contribution in [3.8, 4) is 0 Å². The van der Waals surface area contributed by atoms with Crippen molar-refractivity contribution < 1.29 is 4.39 Å². The van der Waals surface area contributed by atoms with E-state index >= 15 is 0 Å². The molecule has 1 aromatic heterocycles. The maximum Gasteiger partial charge on any atom is 0.123 e. The summed E-state index contributed by atoms with van der Waals surface area (Å²) in [5.41, 5.74) is 3.14. The molecule has 0 aliphatic carbocycles. The summed E-state index contributed by atoms with van der Waals surface area (Å²) < 4.78 is 13.1. The van der Waals surface area contributed by atoms with Crippen molar-refractivity contribution in [3.05, 3.63) is 77.7 Å².